The molecule has 2 aromatic heterocycles. The molecule has 150 valence electrons. The van der Waals surface area contributed by atoms with Crippen LogP contribution in [0.4, 0.5) is 10.1 Å². The Labute approximate surface area is 167 Å². The minimum Gasteiger partial charge on any atom is -0.356 e. The molecule has 0 atom stereocenters. The quantitative estimate of drug-likeness (QED) is 0.574. The first kappa shape index (κ1) is 20.3. The van der Waals surface area contributed by atoms with E-state index < -0.39 is 21.4 Å². The van der Waals surface area contributed by atoms with Crippen molar-refractivity contribution < 1.29 is 17.3 Å². The Hall–Kier alpha value is -2.43. The van der Waals surface area contributed by atoms with Crippen molar-refractivity contribution in [3.8, 4) is 11.6 Å². The van der Waals surface area contributed by atoms with Gasteiger partial charge in [0, 0.05) is 6.20 Å². The maximum Gasteiger partial charge on any atom is 0.274 e. The van der Waals surface area contributed by atoms with Crippen LogP contribution in [0.1, 0.15) is 31.5 Å². The standard InChI is InChI=1S/C17H18FN5O3S.ClH/c18-12-5-1-2-6-13(12)23-27(24,25)11-9-14(20-10-11)15-21-16(22-26-15)17(19)7-3-4-8-17;/h1-2,5-6,9-10,20,23H,3-4,7-8,19H2;1H. The molecule has 0 amide bonds. The number of nitrogens with two attached hydrogens (primary N) is 1. The number of sulfonamides is 1. The third kappa shape index (κ3) is 3.75. The lowest BCUT2D eigenvalue weighted by Gasteiger charge is -2.17. The van der Waals surface area contributed by atoms with Gasteiger partial charge < -0.3 is 15.2 Å². The Bertz CT molecular complexity index is 1080. The second-order valence-electron chi connectivity index (χ2n) is 6.62. The lowest BCUT2D eigenvalue weighted by Crippen LogP contribution is -2.34. The summed E-state index contributed by atoms with van der Waals surface area (Å²) in [5, 5.41) is 3.95. The number of halogens is 2. The van der Waals surface area contributed by atoms with E-state index in [9.17, 15) is 12.8 Å². The largest absolute Gasteiger partial charge is 0.356 e. The van der Waals surface area contributed by atoms with Gasteiger partial charge in [0.15, 0.2) is 5.82 Å². The summed E-state index contributed by atoms with van der Waals surface area (Å²) >= 11 is 0. The van der Waals surface area contributed by atoms with Crippen molar-refractivity contribution in [3.05, 3.63) is 48.2 Å². The van der Waals surface area contributed by atoms with Crippen molar-refractivity contribution >= 4 is 28.1 Å². The van der Waals surface area contributed by atoms with Crippen LogP contribution < -0.4 is 10.5 Å². The summed E-state index contributed by atoms with van der Waals surface area (Å²) in [6.07, 6.45) is 4.85. The van der Waals surface area contributed by atoms with Crippen molar-refractivity contribution in [3.63, 3.8) is 0 Å². The summed E-state index contributed by atoms with van der Waals surface area (Å²) < 4.78 is 46.1. The van der Waals surface area contributed by atoms with Gasteiger partial charge in [0.05, 0.1) is 11.2 Å². The molecule has 1 aromatic carbocycles. The number of rotatable bonds is 5. The molecule has 0 unspecified atom stereocenters. The molecule has 3 aromatic rings. The monoisotopic (exact) mass is 427 g/mol. The number of aromatic nitrogens is 3. The van der Waals surface area contributed by atoms with E-state index in [1.54, 1.807) is 0 Å². The molecule has 2 heterocycles. The van der Waals surface area contributed by atoms with Gasteiger partial charge in [-0.15, -0.1) is 12.4 Å². The highest BCUT2D eigenvalue weighted by atomic mass is 35.5. The topological polar surface area (TPSA) is 127 Å². The molecule has 8 nitrogen and oxygen atoms in total. The van der Waals surface area contributed by atoms with Crippen molar-refractivity contribution in [2.75, 3.05) is 4.72 Å². The third-order valence-corrected chi connectivity index (χ3v) is 6.03. The Morgan fingerprint density at radius 3 is 2.68 bits per heavy atom. The molecule has 4 rings (SSSR count). The van der Waals surface area contributed by atoms with E-state index in [4.69, 9.17) is 10.3 Å². The van der Waals surface area contributed by atoms with Crippen LogP contribution in [-0.2, 0) is 15.6 Å². The smallest absolute Gasteiger partial charge is 0.274 e. The van der Waals surface area contributed by atoms with Crippen LogP contribution >= 0.6 is 12.4 Å². The number of hydrogen-bond donors (Lipinski definition) is 3. The summed E-state index contributed by atoms with van der Waals surface area (Å²) in [4.78, 5) is 7.03. The van der Waals surface area contributed by atoms with Crippen molar-refractivity contribution in [1.82, 2.24) is 15.1 Å². The highest BCUT2D eigenvalue weighted by Crippen LogP contribution is 2.35. The van der Waals surface area contributed by atoms with Crippen LogP contribution in [0.2, 0.25) is 0 Å². The lowest BCUT2D eigenvalue weighted by molar-refractivity contribution is 0.372. The normalized spacial score (nSPS) is 15.9. The highest BCUT2D eigenvalue weighted by molar-refractivity contribution is 7.92. The SMILES string of the molecule is Cl.NC1(c2noc(-c3cc(S(=O)(=O)Nc4ccccc4F)c[nH]3)n2)CCCC1. The molecular weight excluding hydrogens is 409 g/mol. The second kappa shape index (κ2) is 7.53. The van der Waals surface area contributed by atoms with Crippen molar-refractivity contribution in [2.45, 2.75) is 36.1 Å². The molecule has 0 aliphatic heterocycles. The Balaban J connectivity index is 0.00000225. The van der Waals surface area contributed by atoms with E-state index in [2.05, 4.69) is 19.8 Å². The first-order valence-corrected chi connectivity index (χ1v) is 9.95. The van der Waals surface area contributed by atoms with Crippen LogP contribution in [0.3, 0.4) is 0 Å². The average Bonchev–Trinajstić information content (AvgIpc) is 3.36. The lowest BCUT2D eigenvalue weighted by atomic mass is 9.99. The average molecular weight is 428 g/mol. The van der Waals surface area contributed by atoms with Crippen LogP contribution in [0.25, 0.3) is 11.6 Å². The molecule has 0 radical (unpaired) electrons. The van der Waals surface area contributed by atoms with E-state index in [0.29, 0.717) is 11.5 Å². The minimum absolute atomic E-state index is 0. The molecule has 11 heteroatoms. The Morgan fingerprint density at radius 1 is 1.25 bits per heavy atom. The number of H-pyrrole nitrogens is 1. The van der Waals surface area contributed by atoms with Gasteiger partial charge in [-0.3, -0.25) is 4.72 Å². The molecular formula is C17H19ClFN5O3S. The number of benzene rings is 1. The molecule has 1 fully saturated rings. The highest BCUT2D eigenvalue weighted by Gasteiger charge is 2.36. The van der Waals surface area contributed by atoms with E-state index in [-0.39, 0.29) is 28.9 Å². The molecule has 28 heavy (non-hydrogen) atoms. The van der Waals surface area contributed by atoms with Gasteiger partial charge in [-0.05, 0) is 31.0 Å². The molecule has 0 saturated heterocycles. The zero-order valence-electron chi connectivity index (χ0n) is 14.7. The molecule has 1 aliphatic carbocycles. The fraction of sp³-hybridized carbons (Fsp3) is 0.294. The van der Waals surface area contributed by atoms with Gasteiger partial charge in [-0.2, -0.15) is 4.98 Å². The summed E-state index contributed by atoms with van der Waals surface area (Å²) in [6, 6.07) is 6.87. The number of anilines is 1. The molecule has 1 aliphatic rings. The maximum absolute atomic E-state index is 13.7. The van der Waals surface area contributed by atoms with Crippen molar-refractivity contribution in [1.29, 1.82) is 0 Å². The summed E-state index contributed by atoms with van der Waals surface area (Å²) in [6.45, 7) is 0. The zero-order valence-corrected chi connectivity index (χ0v) is 16.3. The first-order valence-electron chi connectivity index (χ1n) is 8.47. The predicted molar refractivity (Wildman–Crippen MR) is 103 cm³/mol. The summed E-state index contributed by atoms with van der Waals surface area (Å²) in [7, 11) is -3.98. The fourth-order valence-electron chi connectivity index (χ4n) is 3.17. The second-order valence-corrected chi connectivity index (χ2v) is 8.30. The number of aromatic amines is 1. The Morgan fingerprint density at radius 2 is 1.96 bits per heavy atom. The molecule has 4 N–H and O–H groups in total. The third-order valence-electron chi connectivity index (χ3n) is 4.68. The van der Waals surface area contributed by atoms with Crippen LogP contribution in [0.15, 0.2) is 45.9 Å². The number of para-hydroxylation sites is 1. The van der Waals surface area contributed by atoms with E-state index >= 15 is 0 Å². The predicted octanol–water partition coefficient (Wildman–Crippen LogP) is 3.15. The van der Waals surface area contributed by atoms with Gasteiger partial charge in [-0.1, -0.05) is 30.1 Å². The van der Waals surface area contributed by atoms with E-state index in [1.807, 2.05) is 0 Å². The van der Waals surface area contributed by atoms with E-state index in [1.165, 1.54) is 36.5 Å². The molecule has 1 saturated carbocycles. The maximum atomic E-state index is 13.7. The Kier molecular flexibility index (Phi) is 5.46. The number of nitrogens with zero attached hydrogens (tertiary/aromatic N) is 2. The van der Waals surface area contributed by atoms with Gasteiger partial charge in [0.2, 0.25) is 0 Å². The zero-order chi connectivity index (χ0) is 19.1. The number of nitrogens with one attached hydrogen (secondary N) is 2. The summed E-state index contributed by atoms with van der Waals surface area (Å²) in [5.41, 5.74) is 5.91. The van der Waals surface area contributed by atoms with Gasteiger partial charge >= 0.3 is 0 Å². The van der Waals surface area contributed by atoms with Crippen LogP contribution in [0, 0.1) is 5.82 Å². The molecule has 0 spiro atoms. The summed E-state index contributed by atoms with van der Waals surface area (Å²) in [5.74, 6) is -0.101. The van der Waals surface area contributed by atoms with Gasteiger partial charge in [0.25, 0.3) is 15.9 Å². The number of hydrogen-bond acceptors (Lipinski definition) is 6. The van der Waals surface area contributed by atoms with E-state index in [0.717, 1.165) is 25.7 Å². The van der Waals surface area contributed by atoms with Gasteiger partial charge in [-0.25, -0.2) is 12.8 Å². The van der Waals surface area contributed by atoms with Crippen molar-refractivity contribution in [2.24, 2.45) is 5.73 Å². The van der Waals surface area contributed by atoms with Crippen LogP contribution in [-0.4, -0.2) is 23.5 Å². The minimum atomic E-state index is -3.98. The fourth-order valence-corrected chi connectivity index (χ4v) is 4.23. The first-order chi connectivity index (χ1) is 12.9. The van der Waals surface area contributed by atoms with Gasteiger partial charge in [0.1, 0.15) is 16.4 Å². The molecule has 0 bridgehead atoms. The van der Waals surface area contributed by atoms with Crippen LogP contribution in [0.5, 0.6) is 0 Å².